The lowest BCUT2D eigenvalue weighted by atomic mass is 10.1. The molecule has 1 aliphatic carbocycles. The second-order valence-corrected chi connectivity index (χ2v) is 8.82. The molecule has 0 spiro atoms. The van der Waals surface area contributed by atoms with Gasteiger partial charge in [0.05, 0.1) is 12.3 Å². The molecule has 1 fully saturated rings. The number of nitrogens with two attached hydrogens (primary N) is 1. The Labute approximate surface area is 146 Å². The fourth-order valence-electron chi connectivity index (χ4n) is 2.87. The highest BCUT2D eigenvalue weighted by Gasteiger charge is 2.46. The molecule has 8 nitrogen and oxygen atoms in total. The maximum Gasteiger partial charge on any atom is 0.224 e. The van der Waals surface area contributed by atoms with E-state index >= 15 is 0 Å². The summed E-state index contributed by atoms with van der Waals surface area (Å²) in [5.41, 5.74) is 6.58. The van der Waals surface area contributed by atoms with E-state index in [2.05, 4.69) is 20.5 Å². The van der Waals surface area contributed by atoms with Gasteiger partial charge in [-0.05, 0) is 42.5 Å². The minimum atomic E-state index is -3.08. The van der Waals surface area contributed by atoms with Crippen molar-refractivity contribution in [3.8, 4) is 11.4 Å². The number of amides is 1. The van der Waals surface area contributed by atoms with Crippen LogP contribution in [0.4, 0.5) is 5.69 Å². The first-order chi connectivity index (χ1) is 11.8. The van der Waals surface area contributed by atoms with E-state index in [4.69, 9.17) is 5.73 Å². The molecule has 0 atom stereocenters. The average molecular weight is 363 g/mol. The third kappa shape index (κ3) is 4.64. The maximum absolute atomic E-state index is 12.2. The smallest absolute Gasteiger partial charge is 0.224 e. The second-order valence-electron chi connectivity index (χ2n) is 6.68. The third-order valence-electron chi connectivity index (χ3n) is 4.21. The van der Waals surface area contributed by atoms with Crippen LogP contribution in [-0.2, 0) is 21.2 Å². The minimum Gasteiger partial charge on any atom is -0.326 e. The van der Waals surface area contributed by atoms with Gasteiger partial charge in [0.25, 0.3) is 0 Å². The van der Waals surface area contributed by atoms with Crippen molar-refractivity contribution in [2.75, 3.05) is 17.3 Å². The molecule has 25 heavy (non-hydrogen) atoms. The predicted molar refractivity (Wildman–Crippen MR) is 94.3 cm³/mol. The Hall–Kier alpha value is -2.26. The van der Waals surface area contributed by atoms with Crippen LogP contribution in [-0.4, -0.2) is 41.5 Å². The van der Waals surface area contributed by atoms with Gasteiger partial charge < -0.3 is 11.1 Å². The fraction of sp³-hybridized carbons (Fsp3) is 0.438. The maximum atomic E-state index is 12.2. The number of carbonyl (C=O) groups is 1. The number of aromatic amines is 1. The summed E-state index contributed by atoms with van der Waals surface area (Å²) in [6, 6.07) is 7.15. The first-order valence-electron chi connectivity index (χ1n) is 7.98. The molecule has 4 N–H and O–H groups in total. The number of H-pyrrole nitrogens is 1. The molecule has 0 unspecified atom stereocenters. The van der Waals surface area contributed by atoms with Crippen LogP contribution in [0, 0.1) is 5.41 Å². The van der Waals surface area contributed by atoms with Crippen molar-refractivity contribution in [3.63, 3.8) is 0 Å². The third-order valence-corrected chi connectivity index (χ3v) is 5.35. The second kappa shape index (κ2) is 6.57. The number of hydrogen-bond donors (Lipinski definition) is 3. The Morgan fingerprint density at radius 2 is 2.00 bits per heavy atom. The summed E-state index contributed by atoms with van der Waals surface area (Å²) in [4.78, 5) is 16.4. The lowest BCUT2D eigenvalue weighted by Crippen LogP contribution is -2.23. The number of carbonyl (C=O) groups excluding carboxylic acids is 1. The van der Waals surface area contributed by atoms with E-state index < -0.39 is 9.84 Å². The Kier molecular flexibility index (Phi) is 4.61. The van der Waals surface area contributed by atoms with E-state index in [-0.39, 0.29) is 30.0 Å². The average Bonchev–Trinajstić information content (AvgIpc) is 3.09. The van der Waals surface area contributed by atoms with Crippen LogP contribution in [0.1, 0.15) is 25.1 Å². The van der Waals surface area contributed by atoms with Crippen LogP contribution in [0.25, 0.3) is 11.4 Å². The summed E-state index contributed by atoms with van der Waals surface area (Å²) in [7, 11) is -3.08. The van der Waals surface area contributed by atoms with Gasteiger partial charge in [0.15, 0.2) is 5.82 Å². The quantitative estimate of drug-likeness (QED) is 0.675. The highest BCUT2D eigenvalue weighted by atomic mass is 32.2. The Bertz CT molecular complexity index is 869. The number of hydrogen-bond acceptors (Lipinski definition) is 6. The van der Waals surface area contributed by atoms with E-state index in [0.29, 0.717) is 17.3 Å². The zero-order chi connectivity index (χ0) is 18.1. The molecule has 2 aromatic rings. The van der Waals surface area contributed by atoms with Gasteiger partial charge in [-0.25, -0.2) is 13.4 Å². The molecule has 3 rings (SSSR count). The minimum absolute atomic E-state index is 0.0701. The Morgan fingerprint density at radius 3 is 2.52 bits per heavy atom. The molecule has 1 amide bonds. The number of nitrogens with zero attached hydrogens (tertiary/aromatic N) is 2. The number of sulfone groups is 1. The van der Waals surface area contributed by atoms with Crippen molar-refractivity contribution in [3.05, 3.63) is 30.1 Å². The molecule has 1 heterocycles. The van der Waals surface area contributed by atoms with Crippen molar-refractivity contribution < 1.29 is 13.2 Å². The highest BCUT2D eigenvalue weighted by molar-refractivity contribution is 7.90. The molecule has 0 saturated heterocycles. The van der Waals surface area contributed by atoms with E-state index in [0.717, 1.165) is 18.4 Å². The Morgan fingerprint density at radius 1 is 1.32 bits per heavy atom. The number of rotatable bonds is 7. The van der Waals surface area contributed by atoms with Gasteiger partial charge in [0, 0.05) is 23.9 Å². The Balaban J connectivity index is 1.60. The zero-order valence-electron chi connectivity index (χ0n) is 13.9. The van der Waals surface area contributed by atoms with Crippen molar-refractivity contribution in [2.24, 2.45) is 11.1 Å². The molecule has 1 aromatic heterocycles. The van der Waals surface area contributed by atoms with Gasteiger partial charge in [-0.1, -0.05) is 0 Å². The molecule has 134 valence electrons. The number of aromatic nitrogens is 3. The zero-order valence-corrected chi connectivity index (χ0v) is 14.8. The van der Waals surface area contributed by atoms with E-state index in [1.165, 1.54) is 6.26 Å². The molecular formula is C16H21N5O3S. The van der Waals surface area contributed by atoms with E-state index in [1.807, 2.05) is 12.1 Å². The lowest BCUT2D eigenvalue weighted by Gasteiger charge is -2.13. The van der Waals surface area contributed by atoms with E-state index in [1.54, 1.807) is 12.1 Å². The highest BCUT2D eigenvalue weighted by Crippen LogP contribution is 2.49. The standard InChI is InChI=1S/C16H21N5O3S/c1-25(23,24)10-16(6-7-16)8-14(22)18-12-4-2-11(3-5-12)15-19-13(9-17)20-21-15/h2-5H,6-10,17H2,1H3,(H,18,22)(H,19,20,21). The van der Waals surface area contributed by atoms with Crippen LogP contribution in [0.3, 0.4) is 0 Å². The van der Waals surface area contributed by atoms with Crippen molar-refractivity contribution in [1.82, 2.24) is 15.2 Å². The monoisotopic (exact) mass is 363 g/mol. The van der Waals surface area contributed by atoms with Gasteiger partial charge in [-0.3, -0.25) is 9.89 Å². The van der Waals surface area contributed by atoms with Crippen LogP contribution >= 0.6 is 0 Å². The van der Waals surface area contributed by atoms with Gasteiger partial charge in [-0.2, -0.15) is 5.10 Å². The molecule has 9 heteroatoms. The van der Waals surface area contributed by atoms with Crippen LogP contribution < -0.4 is 11.1 Å². The summed E-state index contributed by atoms with van der Waals surface area (Å²) < 4.78 is 22.9. The van der Waals surface area contributed by atoms with E-state index in [9.17, 15) is 13.2 Å². The van der Waals surface area contributed by atoms with Crippen molar-refractivity contribution in [1.29, 1.82) is 0 Å². The first-order valence-corrected chi connectivity index (χ1v) is 10.0. The van der Waals surface area contributed by atoms with Gasteiger partial charge in [0.2, 0.25) is 5.91 Å². The number of benzene rings is 1. The van der Waals surface area contributed by atoms with Gasteiger partial charge in [-0.15, -0.1) is 0 Å². The van der Waals surface area contributed by atoms with Crippen LogP contribution in [0.15, 0.2) is 24.3 Å². The fourth-order valence-corrected chi connectivity index (χ4v) is 4.37. The topological polar surface area (TPSA) is 131 Å². The molecule has 0 bridgehead atoms. The lowest BCUT2D eigenvalue weighted by molar-refractivity contribution is -0.117. The SMILES string of the molecule is CS(=O)(=O)CC1(CC(=O)Nc2ccc(-c3n[nH]c(CN)n3)cc2)CC1. The largest absolute Gasteiger partial charge is 0.326 e. The van der Waals surface area contributed by atoms with Crippen molar-refractivity contribution >= 4 is 21.4 Å². The number of anilines is 1. The molecule has 1 aliphatic rings. The van der Waals surface area contributed by atoms with Gasteiger partial charge in [0.1, 0.15) is 15.7 Å². The molecule has 1 saturated carbocycles. The molecule has 1 aromatic carbocycles. The first kappa shape index (κ1) is 17.6. The van der Waals surface area contributed by atoms with Crippen LogP contribution in [0.2, 0.25) is 0 Å². The predicted octanol–water partition coefficient (Wildman–Crippen LogP) is 1.08. The summed E-state index contributed by atoms with van der Waals surface area (Å²) in [5.74, 6) is 1.05. The summed E-state index contributed by atoms with van der Waals surface area (Å²) >= 11 is 0. The van der Waals surface area contributed by atoms with Crippen molar-refractivity contribution in [2.45, 2.75) is 25.8 Å². The summed E-state index contributed by atoms with van der Waals surface area (Å²) in [6.45, 7) is 0.288. The molecular weight excluding hydrogens is 342 g/mol. The van der Waals surface area contributed by atoms with Gasteiger partial charge >= 0.3 is 0 Å². The molecule has 0 radical (unpaired) electrons. The summed E-state index contributed by atoms with van der Waals surface area (Å²) in [5, 5.41) is 9.64. The number of nitrogens with one attached hydrogen (secondary N) is 2. The molecule has 0 aliphatic heterocycles. The normalized spacial score (nSPS) is 15.8. The van der Waals surface area contributed by atoms with Crippen LogP contribution in [0.5, 0.6) is 0 Å². The summed E-state index contributed by atoms with van der Waals surface area (Å²) in [6.07, 6.45) is 2.99.